The van der Waals surface area contributed by atoms with Gasteiger partial charge in [0.05, 0.1) is 26.4 Å². The summed E-state index contributed by atoms with van der Waals surface area (Å²) in [5, 5.41) is 10.7. The zero-order valence-corrected chi connectivity index (χ0v) is 70.5. The van der Waals surface area contributed by atoms with Gasteiger partial charge in [-0.2, -0.15) is 0 Å². The number of unbranched alkanes of at least 4 members (excludes halogenated alkanes) is 46. The van der Waals surface area contributed by atoms with Gasteiger partial charge >= 0.3 is 39.5 Å². The van der Waals surface area contributed by atoms with Crippen LogP contribution in [-0.4, -0.2) is 96.7 Å². The minimum absolute atomic E-state index is 0.105. The highest BCUT2D eigenvalue weighted by Crippen LogP contribution is 2.45. The van der Waals surface area contributed by atoms with Crippen molar-refractivity contribution in [1.29, 1.82) is 0 Å². The molecule has 0 aromatic rings. The van der Waals surface area contributed by atoms with E-state index in [2.05, 4.69) is 55.4 Å². The number of aliphatic hydroxyl groups is 1. The molecule has 0 spiro atoms. The van der Waals surface area contributed by atoms with Crippen LogP contribution in [0.2, 0.25) is 0 Å². The van der Waals surface area contributed by atoms with E-state index in [1.54, 1.807) is 0 Å². The molecule has 4 unspecified atom stereocenters. The molecule has 0 aliphatic heterocycles. The molecule has 0 radical (unpaired) electrons. The van der Waals surface area contributed by atoms with Crippen molar-refractivity contribution >= 4 is 39.5 Å². The van der Waals surface area contributed by atoms with Gasteiger partial charge in [0, 0.05) is 25.7 Å². The standard InChI is InChI=1S/C85H166O17P2/c1-9-77(7)63-55-47-39-33-27-21-17-13-11-12-14-18-23-29-35-41-51-59-67-84(89)101-80(71-95-82(87)65-57-49-40-34-28-22-19-15-16-20-25-31-37-45-53-61-75(3)4)73-99-103(91,92)97-69-79(86)70-98-104(93,94)100-74-81(72-96-83(88)66-58-50-44-43-48-56-64-78(8)10-2)102-85(90)68-60-52-42-36-30-24-26-32-38-46-54-62-76(5)6/h75-81,86H,9-74H2,1-8H3,(H,91,92)(H,93,94)/t77?,78?,79-,80-,81-/m1/s1. The van der Waals surface area contributed by atoms with Gasteiger partial charge in [-0.25, -0.2) is 9.13 Å². The van der Waals surface area contributed by atoms with E-state index < -0.39 is 97.5 Å². The molecule has 0 aromatic heterocycles. The van der Waals surface area contributed by atoms with Crippen LogP contribution >= 0.6 is 15.6 Å². The van der Waals surface area contributed by atoms with Crippen LogP contribution in [0, 0.1) is 23.7 Å². The quantitative estimate of drug-likeness (QED) is 0.0222. The van der Waals surface area contributed by atoms with Gasteiger partial charge in [-0.15, -0.1) is 0 Å². The molecule has 0 saturated carbocycles. The number of esters is 4. The van der Waals surface area contributed by atoms with Crippen LogP contribution in [0.1, 0.15) is 441 Å². The van der Waals surface area contributed by atoms with Crippen LogP contribution in [0.3, 0.4) is 0 Å². The Morgan fingerprint density at radius 1 is 0.269 bits per heavy atom. The average Bonchev–Trinajstić information content (AvgIpc) is 0.929. The van der Waals surface area contributed by atoms with Crippen molar-refractivity contribution in [3.8, 4) is 0 Å². The molecule has 0 aromatic carbocycles. The monoisotopic (exact) mass is 1520 g/mol. The summed E-state index contributed by atoms with van der Waals surface area (Å²) in [5.74, 6) is 1.06. The lowest BCUT2D eigenvalue weighted by atomic mass is 9.99. The highest BCUT2D eigenvalue weighted by atomic mass is 31.2. The van der Waals surface area contributed by atoms with E-state index in [4.69, 9.17) is 37.0 Å². The minimum Gasteiger partial charge on any atom is -0.462 e. The summed E-state index contributed by atoms with van der Waals surface area (Å²) in [5.41, 5.74) is 0. The number of rotatable bonds is 82. The van der Waals surface area contributed by atoms with Gasteiger partial charge in [0.15, 0.2) is 12.2 Å². The lowest BCUT2D eigenvalue weighted by Crippen LogP contribution is -2.30. The van der Waals surface area contributed by atoms with Crippen molar-refractivity contribution in [2.24, 2.45) is 23.7 Å². The maximum Gasteiger partial charge on any atom is 0.472 e. The van der Waals surface area contributed by atoms with Gasteiger partial charge in [-0.3, -0.25) is 37.3 Å². The second-order valence-electron chi connectivity index (χ2n) is 32.0. The summed E-state index contributed by atoms with van der Waals surface area (Å²) >= 11 is 0. The lowest BCUT2D eigenvalue weighted by Gasteiger charge is -2.21. The molecular formula is C85H166O17P2. The molecule has 7 atom stereocenters. The fourth-order valence-corrected chi connectivity index (χ4v) is 14.7. The number of ether oxygens (including phenoxy) is 4. The number of phosphoric ester groups is 2. The first-order valence-corrected chi connectivity index (χ1v) is 46.8. The second kappa shape index (κ2) is 73.8. The van der Waals surface area contributed by atoms with Crippen molar-refractivity contribution < 1.29 is 80.2 Å². The Morgan fingerprint density at radius 2 is 0.462 bits per heavy atom. The third-order valence-corrected chi connectivity index (χ3v) is 22.4. The van der Waals surface area contributed by atoms with Crippen LogP contribution in [-0.2, 0) is 65.4 Å². The summed E-state index contributed by atoms with van der Waals surface area (Å²) in [6.45, 7) is 14.3. The van der Waals surface area contributed by atoms with E-state index in [-0.39, 0.29) is 25.7 Å². The van der Waals surface area contributed by atoms with Crippen molar-refractivity contribution in [2.45, 2.75) is 459 Å². The first kappa shape index (κ1) is 102. The van der Waals surface area contributed by atoms with E-state index in [1.807, 2.05) is 0 Å². The van der Waals surface area contributed by atoms with Gasteiger partial charge in [-0.1, -0.05) is 389 Å². The van der Waals surface area contributed by atoms with E-state index in [9.17, 15) is 43.2 Å². The van der Waals surface area contributed by atoms with Crippen LogP contribution in [0.15, 0.2) is 0 Å². The Balaban J connectivity index is 5.23. The summed E-state index contributed by atoms with van der Waals surface area (Å²) in [4.78, 5) is 73.2. The number of carbonyl (C=O) groups is 4. The first-order chi connectivity index (χ1) is 50.2. The zero-order chi connectivity index (χ0) is 76.7. The molecule has 0 fully saturated rings. The smallest absolute Gasteiger partial charge is 0.462 e. The molecule has 3 N–H and O–H groups in total. The van der Waals surface area contributed by atoms with Gasteiger partial charge in [-0.05, 0) is 49.4 Å². The third kappa shape index (κ3) is 75.5. The highest BCUT2D eigenvalue weighted by Gasteiger charge is 2.30. The van der Waals surface area contributed by atoms with Gasteiger partial charge in [0.2, 0.25) is 0 Å². The number of hydrogen-bond acceptors (Lipinski definition) is 15. The number of aliphatic hydroxyl groups excluding tert-OH is 1. The summed E-state index contributed by atoms with van der Waals surface area (Å²) < 4.78 is 68.8. The van der Waals surface area contributed by atoms with E-state index in [0.29, 0.717) is 25.7 Å². The molecule has 0 aliphatic rings. The minimum atomic E-state index is -4.97. The largest absolute Gasteiger partial charge is 0.472 e. The molecule has 104 heavy (non-hydrogen) atoms. The van der Waals surface area contributed by atoms with Crippen molar-refractivity contribution in [3.63, 3.8) is 0 Å². The summed E-state index contributed by atoms with van der Waals surface area (Å²) in [6, 6.07) is 0. The molecule has 0 heterocycles. The molecular weight excluding hydrogens is 1350 g/mol. The maximum atomic E-state index is 13.1. The zero-order valence-electron chi connectivity index (χ0n) is 68.7. The van der Waals surface area contributed by atoms with Crippen molar-refractivity contribution in [3.05, 3.63) is 0 Å². The molecule has 19 heteroatoms. The van der Waals surface area contributed by atoms with Gasteiger partial charge in [0.1, 0.15) is 19.3 Å². The van der Waals surface area contributed by atoms with Crippen LogP contribution in [0.4, 0.5) is 0 Å². The van der Waals surface area contributed by atoms with E-state index in [1.165, 1.54) is 238 Å². The summed E-state index contributed by atoms with van der Waals surface area (Å²) in [6.07, 6.45) is 62.5. The SMILES string of the molecule is CCC(C)CCCCCCCCCCCCCCCCCCCCC(=O)O[C@H](COC(=O)CCCCCCCCCCCCCCCCCC(C)C)COP(=O)(O)OC[C@@H](O)COP(=O)(O)OC[C@@H](COC(=O)CCCCCCCCC(C)CC)OC(=O)CCCCCCCCCCCCCC(C)C. The van der Waals surface area contributed by atoms with E-state index in [0.717, 1.165) is 120 Å². The average molecular weight is 1520 g/mol. The fraction of sp³-hybridized carbons (Fsp3) is 0.953. The fourth-order valence-electron chi connectivity index (χ4n) is 13.1. The van der Waals surface area contributed by atoms with E-state index >= 15 is 0 Å². The predicted molar refractivity (Wildman–Crippen MR) is 428 cm³/mol. The van der Waals surface area contributed by atoms with Crippen molar-refractivity contribution in [2.75, 3.05) is 39.6 Å². The highest BCUT2D eigenvalue weighted by molar-refractivity contribution is 7.47. The Kier molecular flexibility index (Phi) is 72.5. The molecule has 0 bridgehead atoms. The molecule has 0 rings (SSSR count). The number of hydrogen-bond donors (Lipinski definition) is 3. The first-order valence-electron chi connectivity index (χ1n) is 43.8. The Bertz CT molecular complexity index is 2030. The van der Waals surface area contributed by atoms with Crippen LogP contribution in [0.25, 0.3) is 0 Å². The number of carbonyl (C=O) groups excluding carboxylic acids is 4. The Hall–Kier alpha value is -1.94. The molecule has 0 amide bonds. The Labute approximate surface area is 638 Å². The second-order valence-corrected chi connectivity index (χ2v) is 34.9. The molecule has 17 nitrogen and oxygen atoms in total. The van der Waals surface area contributed by atoms with Crippen LogP contribution in [0.5, 0.6) is 0 Å². The maximum absolute atomic E-state index is 13.1. The third-order valence-electron chi connectivity index (χ3n) is 20.5. The molecule has 0 aliphatic carbocycles. The topological polar surface area (TPSA) is 237 Å². The Morgan fingerprint density at radius 3 is 0.683 bits per heavy atom. The predicted octanol–water partition coefficient (Wildman–Crippen LogP) is 25.6. The van der Waals surface area contributed by atoms with Gasteiger partial charge < -0.3 is 33.8 Å². The molecule has 0 saturated heterocycles. The van der Waals surface area contributed by atoms with Gasteiger partial charge in [0.25, 0.3) is 0 Å². The summed E-state index contributed by atoms with van der Waals surface area (Å²) in [7, 11) is -9.93. The normalized spacial score (nSPS) is 14.5. The van der Waals surface area contributed by atoms with Crippen molar-refractivity contribution in [1.82, 2.24) is 0 Å². The number of phosphoric acid groups is 2. The molecule has 618 valence electrons. The lowest BCUT2D eigenvalue weighted by molar-refractivity contribution is -0.161. The van der Waals surface area contributed by atoms with Crippen LogP contribution < -0.4 is 0 Å².